The zero-order valence-electron chi connectivity index (χ0n) is 16.5. The molecular weight excluding hydrogens is 376 g/mol. The fourth-order valence-corrected chi connectivity index (χ4v) is 3.74. The Morgan fingerprint density at radius 3 is 2.38 bits per heavy atom. The smallest absolute Gasteiger partial charge is 0.307 e. The Bertz CT molecular complexity index is 876. The van der Waals surface area contributed by atoms with Crippen molar-refractivity contribution in [3.8, 4) is 0 Å². The van der Waals surface area contributed by atoms with Crippen LogP contribution in [0.3, 0.4) is 0 Å². The third-order valence-electron chi connectivity index (χ3n) is 5.21. The van der Waals surface area contributed by atoms with Gasteiger partial charge in [-0.25, -0.2) is 14.5 Å². The normalized spacial score (nSPS) is 17.7. The van der Waals surface area contributed by atoms with Crippen molar-refractivity contribution >= 4 is 35.5 Å². The molecule has 29 heavy (non-hydrogen) atoms. The first-order valence-electron chi connectivity index (χ1n) is 9.65. The Morgan fingerprint density at radius 2 is 1.72 bits per heavy atom. The van der Waals surface area contributed by atoms with E-state index in [-0.39, 0.29) is 6.04 Å². The third-order valence-corrected chi connectivity index (χ3v) is 5.21. The minimum atomic E-state index is -1.04. The highest BCUT2D eigenvalue weighted by atomic mass is 16.2. The highest BCUT2D eigenvalue weighted by Crippen LogP contribution is 2.26. The lowest BCUT2D eigenvalue weighted by atomic mass is 9.94. The first-order chi connectivity index (χ1) is 13.8. The van der Waals surface area contributed by atoms with Crippen LogP contribution in [0.2, 0.25) is 0 Å². The average Bonchev–Trinajstić information content (AvgIpc) is 2.88. The van der Waals surface area contributed by atoms with Gasteiger partial charge in [0.25, 0.3) is 0 Å². The molecule has 1 aromatic carbocycles. The molecular formula is C20H24N4O5. The number of carbonyl (C=O) groups is 5. The third kappa shape index (κ3) is 4.44. The first kappa shape index (κ1) is 20.5. The molecule has 1 saturated carbocycles. The average molecular weight is 400 g/mol. The van der Waals surface area contributed by atoms with Gasteiger partial charge in [0.2, 0.25) is 5.91 Å². The van der Waals surface area contributed by atoms with E-state index in [0.29, 0.717) is 23.4 Å². The number of rotatable bonds is 4. The summed E-state index contributed by atoms with van der Waals surface area (Å²) in [6, 6.07) is 3.52. The Balaban J connectivity index is 1.59. The summed E-state index contributed by atoms with van der Waals surface area (Å²) in [5.74, 6) is -2.80. The maximum atomic E-state index is 12.5. The van der Waals surface area contributed by atoms with Crippen LogP contribution in [0.5, 0.6) is 0 Å². The second-order valence-corrected chi connectivity index (χ2v) is 7.46. The van der Waals surface area contributed by atoms with Gasteiger partial charge in [0.05, 0.1) is 0 Å². The second-order valence-electron chi connectivity index (χ2n) is 7.46. The van der Waals surface area contributed by atoms with Crippen LogP contribution in [0.1, 0.15) is 43.2 Å². The molecule has 2 aliphatic rings. The van der Waals surface area contributed by atoms with Crippen LogP contribution < -0.4 is 10.6 Å². The van der Waals surface area contributed by atoms with Gasteiger partial charge in [0.1, 0.15) is 6.54 Å². The van der Waals surface area contributed by atoms with Gasteiger partial charge in [0.15, 0.2) is 0 Å². The van der Waals surface area contributed by atoms with Crippen LogP contribution in [0.25, 0.3) is 0 Å². The van der Waals surface area contributed by atoms with Gasteiger partial charge in [-0.15, -0.1) is 0 Å². The molecule has 0 aromatic heterocycles. The number of carbonyl (C=O) groups excluding carboxylic acids is 5. The van der Waals surface area contributed by atoms with Crippen molar-refractivity contribution in [3.63, 3.8) is 0 Å². The van der Waals surface area contributed by atoms with Crippen molar-refractivity contribution in [3.05, 3.63) is 29.3 Å². The molecule has 3 rings (SSSR count). The van der Waals surface area contributed by atoms with Gasteiger partial charge in [0, 0.05) is 11.7 Å². The van der Waals surface area contributed by atoms with Gasteiger partial charge in [-0.3, -0.25) is 24.6 Å². The molecule has 154 valence electrons. The van der Waals surface area contributed by atoms with Crippen LogP contribution in [0.4, 0.5) is 15.3 Å². The van der Waals surface area contributed by atoms with Crippen molar-refractivity contribution in [2.45, 2.75) is 52.0 Å². The minimum Gasteiger partial charge on any atom is -0.307 e. The summed E-state index contributed by atoms with van der Waals surface area (Å²) >= 11 is 0. The van der Waals surface area contributed by atoms with Crippen LogP contribution in [-0.2, 0) is 14.4 Å². The lowest BCUT2D eigenvalue weighted by molar-refractivity contribution is -0.144. The van der Waals surface area contributed by atoms with E-state index >= 15 is 0 Å². The predicted octanol–water partition coefficient (Wildman–Crippen LogP) is 2.08. The highest BCUT2D eigenvalue weighted by molar-refractivity contribution is 6.45. The van der Waals surface area contributed by atoms with E-state index in [1.165, 1.54) is 0 Å². The van der Waals surface area contributed by atoms with E-state index in [9.17, 15) is 24.0 Å². The van der Waals surface area contributed by atoms with Crippen LogP contribution in [0, 0.1) is 13.8 Å². The predicted molar refractivity (Wildman–Crippen MR) is 104 cm³/mol. The summed E-state index contributed by atoms with van der Waals surface area (Å²) in [6.07, 6.45) is 4.11. The van der Waals surface area contributed by atoms with Crippen LogP contribution >= 0.6 is 0 Å². The summed E-state index contributed by atoms with van der Waals surface area (Å²) in [4.78, 5) is 62.8. The van der Waals surface area contributed by atoms with E-state index in [1.807, 2.05) is 26.0 Å². The molecule has 0 unspecified atom stereocenters. The number of urea groups is 2. The molecule has 1 aromatic rings. The van der Waals surface area contributed by atoms with Gasteiger partial charge in [-0.1, -0.05) is 37.0 Å². The molecule has 7 amide bonds. The summed E-state index contributed by atoms with van der Waals surface area (Å²) in [5.41, 5.74) is 2.39. The topological polar surface area (TPSA) is 116 Å². The van der Waals surface area contributed by atoms with E-state index in [1.54, 1.807) is 6.07 Å². The second kappa shape index (κ2) is 8.42. The number of nitrogens with zero attached hydrogens (tertiary/aromatic N) is 2. The fourth-order valence-electron chi connectivity index (χ4n) is 3.74. The molecule has 1 aliphatic heterocycles. The molecule has 1 aliphatic carbocycles. The molecule has 0 spiro atoms. The molecule has 0 radical (unpaired) electrons. The molecule has 1 saturated heterocycles. The van der Waals surface area contributed by atoms with Gasteiger partial charge >= 0.3 is 23.9 Å². The number of hydrogen-bond donors (Lipinski definition) is 2. The highest BCUT2D eigenvalue weighted by Gasteiger charge is 2.48. The lowest BCUT2D eigenvalue weighted by Gasteiger charge is -2.28. The van der Waals surface area contributed by atoms with Crippen molar-refractivity contribution < 1.29 is 24.0 Å². The van der Waals surface area contributed by atoms with E-state index in [2.05, 4.69) is 10.6 Å². The van der Waals surface area contributed by atoms with Crippen LogP contribution in [0.15, 0.2) is 18.2 Å². The number of imide groups is 3. The standard InChI is InChI=1S/C20H24N4O5/c1-12-8-9-15(13(2)10-12)21-19(28)22-16(25)11-23-17(26)18(27)24(20(23)29)14-6-4-3-5-7-14/h8-10,14H,3-7,11H2,1-2H3,(H2,21,22,25,28). The first-order valence-corrected chi connectivity index (χ1v) is 9.65. The summed E-state index contributed by atoms with van der Waals surface area (Å²) < 4.78 is 0. The number of aryl methyl sites for hydroxylation is 2. The summed E-state index contributed by atoms with van der Waals surface area (Å²) in [7, 11) is 0. The maximum absolute atomic E-state index is 12.5. The van der Waals surface area contributed by atoms with E-state index in [4.69, 9.17) is 0 Å². The van der Waals surface area contributed by atoms with E-state index in [0.717, 1.165) is 35.3 Å². The zero-order valence-corrected chi connectivity index (χ0v) is 16.5. The zero-order chi connectivity index (χ0) is 21.1. The number of amides is 7. The largest absolute Gasteiger partial charge is 0.334 e. The Kier molecular flexibility index (Phi) is 5.95. The Hall–Kier alpha value is -3.23. The summed E-state index contributed by atoms with van der Waals surface area (Å²) in [5, 5.41) is 4.63. The molecule has 9 nitrogen and oxygen atoms in total. The Morgan fingerprint density at radius 1 is 1.03 bits per heavy atom. The molecule has 0 bridgehead atoms. The van der Waals surface area contributed by atoms with Crippen molar-refractivity contribution in [1.29, 1.82) is 0 Å². The number of nitrogens with one attached hydrogen (secondary N) is 2. The number of benzene rings is 1. The monoisotopic (exact) mass is 400 g/mol. The molecule has 0 atom stereocenters. The number of hydrogen-bond acceptors (Lipinski definition) is 5. The van der Waals surface area contributed by atoms with Crippen molar-refractivity contribution in [1.82, 2.24) is 15.1 Å². The van der Waals surface area contributed by atoms with E-state index < -0.39 is 36.3 Å². The van der Waals surface area contributed by atoms with Gasteiger partial charge < -0.3 is 5.32 Å². The lowest BCUT2D eigenvalue weighted by Crippen LogP contribution is -2.46. The number of anilines is 1. The van der Waals surface area contributed by atoms with Crippen molar-refractivity contribution in [2.75, 3.05) is 11.9 Å². The molecule has 2 N–H and O–H groups in total. The quantitative estimate of drug-likeness (QED) is 0.593. The minimum absolute atomic E-state index is 0.312. The van der Waals surface area contributed by atoms with Crippen molar-refractivity contribution in [2.24, 2.45) is 0 Å². The SMILES string of the molecule is Cc1ccc(NC(=O)NC(=O)CN2C(=O)C(=O)N(C3CCCCC3)C2=O)c(C)c1. The van der Waals surface area contributed by atoms with Gasteiger partial charge in [-0.05, 0) is 38.3 Å². The van der Waals surface area contributed by atoms with Gasteiger partial charge in [-0.2, -0.15) is 0 Å². The Labute approximate surface area is 168 Å². The fraction of sp³-hybridized carbons (Fsp3) is 0.450. The summed E-state index contributed by atoms with van der Waals surface area (Å²) in [6.45, 7) is 3.05. The van der Waals surface area contributed by atoms with Crippen LogP contribution in [-0.4, -0.2) is 52.2 Å². The molecule has 9 heteroatoms. The maximum Gasteiger partial charge on any atom is 0.334 e. The molecule has 2 fully saturated rings. The molecule has 1 heterocycles.